The van der Waals surface area contributed by atoms with Gasteiger partial charge in [-0.15, -0.1) is 0 Å². The van der Waals surface area contributed by atoms with E-state index in [1.54, 1.807) is 12.4 Å². The Morgan fingerprint density at radius 1 is 1.33 bits per heavy atom. The van der Waals surface area contributed by atoms with Gasteiger partial charge >= 0.3 is 0 Å². The summed E-state index contributed by atoms with van der Waals surface area (Å²) in [6.07, 6.45) is 7.00. The number of aryl methyl sites for hydroxylation is 1. The van der Waals surface area contributed by atoms with Gasteiger partial charge in [0.2, 0.25) is 5.88 Å². The van der Waals surface area contributed by atoms with Crippen molar-refractivity contribution in [2.75, 3.05) is 0 Å². The van der Waals surface area contributed by atoms with Crippen molar-refractivity contribution in [2.24, 2.45) is 10.7 Å². The van der Waals surface area contributed by atoms with Crippen LogP contribution in [0, 0.1) is 11.3 Å². The molecule has 156 valence electrons. The van der Waals surface area contributed by atoms with Crippen LogP contribution < -0.4 is 5.73 Å². The highest BCUT2D eigenvalue weighted by atomic mass is 16.5. The maximum absolute atomic E-state index is 9.84. The quantitative estimate of drug-likeness (QED) is 0.728. The van der Waals surface area contributed by atoms with E-state index in [-0.39, 0.29) is 17.8 Å². The number of hydrogen-bond donors (Lipinski definition) is 1. The molecule has 1 atom stereocenters. The van der Waals surface area contributed by atoms with Gasteiger partial charge in [-0.3, -0.25) is 9.56 Å². The van der Waals surface area contributed by atoms with Crippen LogP contribution in [0.25, 0.3) is 5.82 Å². The van der Waals surface area contributed by atoms with Gasteiger partial charge in [0.05, 0.1) is 5.92 Å². The second kappa shape index (κ2) is 8.95. The first-order valence-corrected chi connectivity index (χ1v) is 10.2. The van der Waals surface area contributed by atoms with Crippen LogP contribution >= 0.6 is 0 Å². The number of hydrogen-bond acceptors (Lipinski definition) is 6. The Bertz CT molecular complexity index is 1050. The van der Waals surface area contributed by atoms with Crippen molar-refractivity contribution >= 4 is 5.71 Å². The lowest BCUT2D eigenvalue weighted by Gasteiger charge is -2.29. The molecule has 1 aliphatic heterocycles. The molecule has 30 heavy (non-hydrogen) atoms. The summed E-state index contributed by atoms with van der Waals surface area (Å²) in [6, 6.07) is 6.30. The number of allylic oxidation sites excluding steroid dienone is 3. The van der Waals surface area contributed by atoms with Crippen molar-refractivity contribution in [3.05, 3.63) is 64.9 Å². The first-order chi connectivity index (χ1) is 14.4. The second-order valence-corrected chi connectivity index (χ2v) is 7.43. The van der Waals surface area contributed by atoms with Gasteiger partial charge in [0, 0.05) is 42.3 Å². The molecule has 0 aromatic carbocycles. The van der Waals surface area contributed by atoms with E-state index in [4.69, 9.17) is 15.5 Å². The van der Waals surface area contributed by atoms with Crippen LogP contribution in [0.4, 0.5) is 0 Å². The number of rotatable bonds is 6. The lowest BCUT2D eigenvalue weighted by atomic mass is 9.81. The number of imidazole rings is 1. The Labute approximate surface area is 177 Å². The van der Waals surface area contributed by atoms with Gasteiger partial charge in [-0.25, -0.2) is 9.97 Å². The molecule has 2 N–H and O–H groups in total. The zero-order valence-electron chi connectivity index (χ0n) is 18.2. The molecule has 0 saturated heterocycles. The van der Waals surface area contributed by atoms with Gasteiger partial charge in [0.25, 0.3) is 0 Å². The lowest BCUT2D eigenvalue weighted by molar-refractivity contribution is 0.283. The van der Waals surface area contributed by atoms with Crippen LogP contribution in [0.3, 0.4) is 0 Å². The highest BCUT2D eigenvalue weighted by molar-refractivity contribution is 6.02. The fourth-order valence-corrected chi connectivity index (χ4v) is 3.77. The van der Waals surface area contributed by atoms with Crippen LogP contribution in [0.2, 0.25) is 0 Å². The minimum atomic E-state index is -0.365. The zero-order chi connectivity index (χ0) is 21.8. The van der Waals surface area contributed by atoms with Crippen molar-refractivity contribution in [1.82, 2.24) is 14.5 Å². The van der Waals surface area contributed by atoms with E-state index in [9.17, 15) is 5.26 Å². The highest BCUT2D eigenvalue weighted by Crippen LogP contribution is 2.40. The number of nitrogens with two attached hydrogens (primary N) is 1. The average molecular weight is 405 g/mol. The van der Waals surface area contributed by atoms with Crippen molar-refractivity contribution < 1.29 is 4.74 Å². The first-order valence-electron chi connectivity index (χ1n) is 10.2. The van der Waals surface area contributed by atoms with Crippen molar-refractivity contribution in [1.29, 1.82) is 5.26 Å². The molecule has 0 saturated carbocycles. The van der Waals surface area contributed by atoms with Crippen molar-refractivity contribution in [3.63, 3.8) is 0 Å². The van der Waals surface area contributed by atoms with Gasteiger partial charge in [-0.1, -0.05) is 19.9 Å². The Hall–Kier alpha value is -3.40. The topological polar surface area (TPSA) is 102 Å². The summed E-state index contributed by atoms with van der Waals surface area (Å²) >= 11 is 0. The summed E-state index contributed by atoms with van der Waals surface area (Å²) in [5.74, 6) is 2.16. The first kappa shape index (κ1) is 21.3. The normalized spacial score (nSPS) is 17.4. The van der Waals surface area contributed by atoms with Crippen LogP contribution in [0.1, 0.15) is 58.3 Å². The third-order valence-corrected chi connectivity index (χ3v) is 5.05. The van der Waals surface area contributed by atoms with Gasteiger partial charge in [-0.2, -0.15) is 5.26 Å². The van der Waals surface area contributed by atoms with E-state index in [2.05, 4.69) is 29.9 Å². The van der Waals surface area contributed by atoms with Crippen molar-refractivity contribution in [3.8, 4) is 11.9 Å². The predicted octanol–water partition coefficient (Wildman–Crippen LogP) is 4.17. The summed E-state index contributed by atoms with van der Waals surface area (Å²) in [7, 11) is 0. The van der Waals surface area contributed by atoms with Gasteiger partial charge < -0.3 is 10.5 Å². The number of aromatic nitrogens is 3. The minimum Gasteiger partial charge on any atom is -0.445 e. The fourth-order valence-electron chi connectivity index (χ4n) is 3.77. The van der Waals surface area contributed by atoms with Gasteiger partial charge in [-0.05, 0) is 38.8 Å². The molecule has 1 unspecified atom stereocenters. The summed E-state index contributed by atoms with van der Waals surface area (Å²) in [6.45, 7) is 10.1. The van der Waals surface area contributed by atoms with Crippen LogP contribution in [-0.4, -0.2) is 26.3 Å². The number of nitrogens with zero attached hydrogens (tertiary/aromatic N) is 5. The number of aliphatic imine (C=N–C) groups is 1. The third kappa shape index (κ3) is 3.99. The molecule has 0 radical (unpaired) electrons. The predicted molar refractivity (Wildman–Crippen MR) is 117 cm³/mol. The largest absolute Gasteiger partial charge is 0.445 e. The molecular formula is C23H28N6O. The molecule has 1 aliphatic rings. The Kier molecular flexibility index (Phi) is 6.36. The van der Waals surface area contributed by atoms with Crippen LogP contribution in [-0.2, 0) is 11.2 Å². The standard InChI is InChI=1S/C23H28N6O/c1-6-18(28-14(3)4)21-15(5)30-23(25)17(12-24)22(21)16-8-9-20(27-13-16)29-11-10-26-19(29)7-2/h8-11,13-14,22H,6-7,25H2,1-5H3. The van der Waals surface area contributed by atoms with Crippen molar-refractivity contribution in [2.45, 2.75) is 59.4 Å². The Balaban J connectivity index is 2.11. The zero-order valence-corrected chi connectivity index (χ0v) is 18.2. The minimum absolute atomic E-state index is 0.129. The number of pyridine rings is 1. The molecule has 0 spiro atoms. The van der Waals surface area contributed by atoms with E-state index >= 15 is 0 Å². The van der Waals surface area contributed by atoms with E-state index in [0.717, 1.165) is 41.3 Å². The fraction of sp³-hybridized carbons (Fsp3) is 0.391. The summed E-state index contributed by atoms with van der Waals surface area (Å²) in [5.41, 5.74) is 9.15. The number of ether oxygens (including phenoxy) is 1. The maximum Gasteiger partial charge on any atom is 0.205 e. The molecule has 7 heteroatoms. The van der Waals surface area contributed by atoms with Gasteiger partial charge in [0.15, 0.2) is 0 Å². The maximum atomic E-state index is 9.84. The van der Waals surface area contributed by atoms with E-state index < -0.39 is 0 Å². The molecular weight excluding hydrogens is 376 g/mol. The average Bonchev–Trinajstić information content (AvgIpc) is 3.20. The molecule has 2 aromatic heterocycles. The molecule has 3 rings (SSSR count). The molecule has 7 nitrogen and oxygen atoms in total. The lowest BCUT2D eigenvalue weighted by Crippen LogP contribution is -2.25. The summed E-state index contributed by atoms with van der Waals surface area (Å²) in [5, 5.41) is 9.84. The SMILES string of the molecule is CCC(=NC(C)C)C1=C(C)OC(N)=C(C#N)C1c1ccc(-n2ccnc2CC)nc1. The molecule has 0 aliphatic carbocycles. The summed E-state index contributed by atoms with van der Waals surface area (Å²) < 4.78 is 7.69. The molecule has 0 fully saturated rings. The van der Waals surface area contributed by atoms with E-state index in [0.29, 0.717) is 11.3 Å². The van der Waals surface area contributed by atoms with E-state index in [1.165, 1.54) is 0 Å². The Morgan fingerprint density at radius 3 is 2.67 bits per heavy atom. The van der Waals surface area contributed by atoms with Gasteiger partial charge in [0.1, 0.15) is 29.0 Å². The molecule has 0 amide bonds. The van der Waals surface area contributed by atoms with Crippen LogP contribution in [0.5, 0.6) is 0 Å². The highest BCUT2D eigenvalue weighted by Gasteiger charge is 2.34. The Morgan fingerprint density at radius 2 is 2.10 bits per heavy atom. The molecule has 2 aromatic rings. The summed E-state index contributed by atoms with van der Waals surface area (Å²) in [4.78, 5) is 13.8. The second-order valence-electron chi connectivity index (χ2n) is 7.43. The molecule has 0 bridgehead atoms. The van der Waals surface area contributed by atoms with E-state index in [1.807, 2.05) is 43.7 Å². The molecule has 3 heterocycles. The smallest absolute Gasteiger partial charge is 0.205 e. The third-order valence-electron chi connectivity index (χ3n) is 5.05. The number of nitriles is 1. The monoisotopic (exact) mass is 404 g/mol. The van der Waals surface area contributed by atoms with Crippen LogP contribution in [0.15, 0.2) is 58.5 Å².